The molecule has 0 aliphatic carbocycles. The minimum absolute atomic E-state index is 0. The maximum Gasteiger partial charge on any atom is 0.306 e. The number of rotatable bonds is 5. The second-order valence-corrected chi connectivity index (χ2v) is 4.70. The Balaban J connectivity index is 0.00000196. The maximum atomic E-state index is 10.8. The fourth-order valence-electron chi connectivity index (χ4n) is 1.55. The van der Waals surface area contributed by atoms with Gasteiger partial charge < -0.3 is 10.1 Å². The first-order chi connectivity index (χ1) is 6.83. The molecule has 1 unspecified atom stereocenters. The topological polar surface area (TPSA) is 38.3 Å². The van der Waals surface area contributed by atoms with Crippen LogP contribution in [0.25, 0.3) is 0 Å². The molecule has 5 heteroatoms. The van der Waals surface area contributed by atoms with Crippen molar-refractivity contribution in [2.75, 3.05) is 25.2 Å². The quantitative estimate of drug-likeness (QED) is 0.600. The van der Waals surface area contributed by atoms with Gasteiger partial charge in [0.1, 0.15) is 0 Å². The summed E-state index contributed by atoms with van der Waals surface area (Å²) in [6, 6.07) is 0.659. The van der Waals surface area contributed by atoms with Gasteiger partial charge in [0.2, 0.25) is 0 Å². The Morgan fingerprint density at radius 2 is 2.33 bits per heavy atom. The lowest BCUT2D eigenvalue weighted by atomic mass is 10.1. The van der Waals surface area contributed by atoms with E-state index in [2.05, 4.69) is 10.1 Å². The summed E-state index contributed by atoms with van der Waals surface area (Å²) in [5.74, 6) is 1.90. The fourth-order valence-corrected chi connectivity index (χ4v) is 2.60. The van der Waals surface area contributed by atoms with E-state index >= 15 is 0 Å². The molecule has 0 aromatic heterocycles. The van der Waals surface area contributed by atoms with Crippen LogP contribution in [0.4, 0.5) is 0 Å². The molecule has 0 radical (unpaired) electrons. The first-order valence-corrected chi connectivity index (χ1v) is 6.36. The van der Waals surface area contributed by atoms with Crippen LogP contribution in [0.5, 0.6) is 0 Å². The van der Waals surface area contributed by atoms with Crippen LogP contribution in [0.2, 0.25) is 0 Å². The number of ether oxygens (including phenoxy) is 1. The van der Waals surface area contributed by atoms with Crippen LogP contribution >= 0.6 is 24.2 Å². The van der Waals surface area contributed by atoms with Crippen LogP contribution in [0, 0.1) is 0 Å². The second kappa shape index (κ2) is 9.31. The van der Waals surface area contributed by atoms with E-state index in [1.54, 1.807) is 0 Å². The van der Waals surface area contributed by atoms with Crippen LogP contribution < -0.4 is 5.32 Å². The van der Waals surface area contributed by atoms with Crippen LogP contribution in [0.15, 0.2) is 0 Å². The van der Waals surface area contributed by atoms with E-state index < -0.39 is 0 Å². The zero-order valence-electron chi connectivity index (χ0n) is 9.16. The van der Waals surface area contributed by atoms with Gasteiger partial charge in [-0.3, -0.25) is 4.79 Å². The summed E-state index contributed by atoms with van der Waals surface area (Å²) >= 11 is 1.84. The van der Waals surface area contributed by atoms with Crippen molar-refractivity contribution in [1.29, 1.82) is 0 Å². The molecule has 0 amide bonds. The fraction of sp³-hybridized carbons (Fsp3) is 0.900. The van der Waals surface area contributed by atoms with Gasteiger partial charge in [-0.2, -0.15) is 11.8 Å². The number of methoxy groups -OCH3 is 1. The monoisotopic (exact) mass is 253 g/mol. The number of thioether (sulfide) groups is 1. The van der Waals surface area contributed by atoms with E-state index in [-0.39, 0.29) is 18.4 Å². The van der Waals surface area contributed by atoms with Gasteiger partial charge in [-0.25, -0.2) is 0 Å². The summed E-state index contributed by atoms with van der Waals surface area (Å²) in [6.45, 7) is 1.15. The predicted octanol–water partition coefficient (Wildman–Crippen LogP) is 1.85. The van der Waals surface area contributed by atoms with E-state index in [1.807, 2.05) is 11.8 Å². The smallest absolute Gasteiger partial charge is 0.306 e. The highest BCUT2D eigenvalue weighted by molar-refractivity contribution is 7.99. The molecule has 0 bridgehead atoms. The Labute approximate surface area is 102 Å². The van der Waals surface area contributed by atoms with Crippen molar-refractivity contribution in [1.82, 2.24) is 5.32 Å². The van der Waals surface area contributed by atoms with E-state index in [1.165, 1.54) is 26.4 Å². The standard InChI is InChI=1S/C10H19NO2S.ClH/c1-13-10(12)5-7-14-8-9-4-2-3-6-11-9;/h9,11H,2-8H2,1H3;1H. The number of hydrogen-bond acceptors (Lipinski definition) is 4. The molecule has 0 aromatic rings. The first kappa shape index (κ1) is 15.1. The van der Waals surface area contributed by atoms with E-state index in [4.69, 9.17) is 0 Å². The highest BCUT2D eigenvalue weighted by Gasteiger charge is 2.12. The molecular formula is C10H20ClNO2S. The lowest BCUT2D eigenvalue weighted by Crippen LogP contribution is -2.35. The molecule has 1 fully saturated rings. The number of halogens is 1. The summed E-state index contributed by atoms with van der Waals surface area (Å²) in [4.78, 5) is 10.8. The van der Waals surface area contributed by atoms with Crippen molar-refractivity contribution in [3.8, 4) is 0 Å². The van der Waals surface area contributed by atoms with Gasteiger partial charge in [0.05, 0.1) is 13.5 Å². The van der Waals surface area contributed by atoms with Gasteiger partial charge >= 0.3 is 5.97 Å². The predicted molar refractivity (Wildman–Crippen MR) is 66.8 cm³/mol. The molecule has 0 spiro atoms. The third kappa shape index (κ3) is 7.03. The molecule has 90 valence electrons. The first-order valence-electron chi connectivity index (χ1n) is 5.21. The number of carbonyl (C=O) groups is 1. The largest absolute Gasteiger partial charge is 0.469 e. The van der Waals surface area contributed by atoms with Crippen LogP contribution in [-0.2, 0) is 9.53 Å². The minimum Gasteiger partial charge on any atom is -0.469 e. The average Bonchev–Trinajstić information content (AvgIpc) is 2.25. The number of piperidine rings is 1. The zero-order chi connectivity index (χ0) is 10.2. The summed E-state index contributed by atoms with van der Waals surface area (Å²) in [5.41, 5.74) is 0. The molecule has 1 saturated heterocycles. The molecule has 1 aliphatic heterocycles. The van der Waals surface area contributed by atoms with Gasteiger partial charge in [0.15, 0.2) is 0 Å². The van der Waals surface area contributed by atoms with Crippen molar-refractivity contribution in [2.24, 2.45) is 0 Å². The second-order valence-electron chi connectivity index (χ2n) is 3.55. The van der Waals surface area contributed by atoms with Crippen molar-refractivity contribution in [2.45, 2.75) is 31.7 Å². The highest BCUT2D eigenvalue weighted by atomic mass is 35.5. The van der Waals surface area contributed by atoms with Crippen molar-refractivity contribution >= 4 is 30.1 Å². The van der Waals surface area contributed by atoms with Crippen LogP contribution in [0.1, 0.15) is 25.7 Å². The number of esters is 1. The van der Waals surface area contributed by atoms with Crippen molar-refractivity contribution in [3.63, 3.8) is 0 Å². The van der Waals surface area contributed by atoms with Gasteiger partial charge in [-0.15, -0.1) is 12.4 Å². The molecule has 1 atom stereocenters. The summed E-state index contributed by atoms with van der Waals surface area (Å²) in [6.07, 6.45) is 4.47. The lowest BCUT2D eigenvalue weighted by molar-refractivity contribution is -0.140. The maximum absolute atomic E-state index is 10.8. The number of carbonyl (C=O) groups excluding carboxylic acids is 1. The molecule has 1 aliphatic rings. The van der Waals surface area contributed by atoms with Gasteiger partial charge in [0.25, 0.3) is 0 Å². The summed E-state index contributed by atoms with van der Waals surface area (Å²) < 4.78 is 4.57. The average molecular weight is 254 g/mol. The third-order valence-electron chi connectivity index (χ3n) is 2.41. The van der Waals surface area contributed by atoms with Crippen LogP contribution in [0.3, 0.4) is 0 Å². The molecule has 0 aromatic carbocycles. The zero-order valence-corrected chi connectivity index (χ0v) is 10.8. The molecule has 0 saturated carbocycles. The Morgan fingerprint density at radius 1 is 1.53 bits per heavy atom. The van der Waals surface area contributed by atoms with E-state index in [0.717, 1.165) is 18.1 Å². The number of hydrogen-bond donors (Lipinski definition) is 1. The highest BCUT2D eigenvalue weighted by Crippen LogP contribution is 2.13. The molecule has 3 nitrogen and oxygen atoms in total. The summed E-state index contributed by atoms with van der Waals surface area (Å²) in [7, 11) is 1.44. The third-order valence-corrected chi connectivity index (χ3v) is 3.54. The summed E-state index contributed by atoms with van der Waals surface area (Å²) in [5, 5.41) is 3.48. The van der Waals surface area contributed by atoms with Gasteiger partial charge in [-0.1, -0.05) is 6.42 Å². The lowest BCUT2D eigenvalue weighted by Gasteiger charge is -2.22. The minimum atomic E-state index is -0.103. The molecule has 1 heterocycles. The van der Waals surface area contributed by atoms with Gasteiger partial charge in [-0.05, 0) is 19.4 Å². The van der Waals surface area contributed by atoms with Crippen molar-refractivity contribution < 1.29 is 9.53 Å². The van der Waals surface area contributed by atoms with E-state index in [9.17, 15) is 4.79 Å². The molecular weight excluding hydrogens is 234 g/mol. The van der Waals surface area contributed by atoms with Gasteiger partial charge in [0, 0.05) is 17.5 Å². The van der Waals surface area contributed by atoms with Crippen molar-refractivity contribution in [3.05, 3.63) is 0 Å². The Morgan fingerprint density at radius 3 is 2.93 bits per heavy atom. The Kier molecular flexibility index (Phi) is 9.35. The molecule has 15 heavy (non-hydrogen) atoms. The molecule has 1 N–H and O–H groups in total. The normalized spacial score (nSPS) is 20.5. The van der Waals surface area contributed by atoms with Crippen LogP contribution in [-0.4, -0.2) is 37.2 Å². The Hall–Kier alpha value is 0.0700. The Bertz CT molecular complexity index is 175. The number of nitrogens with one attached hydrogen (secondary N) is 1. The van der Waals surface area contributed by atoms with E-state index in [0.29, 0.717) is 12.5 Å². The molecule has 1 rings (SSSR count). The SMILES string of the molecule is COC(=O)CCSCC1CCCCN1.Cl.